The summed E-state index contributed by atoms with van der Waals surface area (Å²) < 4.78 is 7.49. The highest BCUT2D eigenvalue weighted by atomic mass is 16.5. The van der Waals surface area contributed by atoms with Crippen LogP contribution in [0.4, 0.5) is 17.2 Å². The Morgan fingerprint density at radius 2 is 1.88 bits per heavy atom. The van der Waals surface area contributed by atoms with Gasteiger partial charge in [-0.1, -0.05) is 23.4 Å². The number of nitrogens with one attached hydrogen (secondary N) is 1. The third-order valence-electron chi connectivity index (χ3n) is 6.38. The number of hydrogen-bond donors (Lipinski definition) is 2. The number of imidazole rings is 1. The zero-order chi connectivity index (χ0) is 22.2. The van der Waals surface area contributed by atoms with Crippen molar-refractivity contribution in [1.82, 2.24) is 14.4 Å². The molecule has 0 spiro atoms. The summed E-state index contributed by atoms with van der Waals surface area (Å²) in [5.74, 6) is 0.889. The van der Waals surface area contributed by atoms with E-state index in [9.17, 15) is 5.21 Å². The summed E-state index contributed by atoms with van der Waals surface area (Å²) in [6.07, 6.45) is 7.08. The van der Waals surface area contributed by atoms with Crippen LogP contribution < -0.4 is 10.2 Å². The highest BCUT2D eigenvalue weighted by Gasteiger charge is 2.20. The normalized spacial score (nSPS) is 17.0. The van der Waals surface area contributed by atoms with Gasteiger partial charge in [-0.15, -0.1) is 0 Å². The number of fused-ring (bicyclic) bond motifs is 2. The third kappa shape index (κ3) is 3.58. The maximum atomic E-state index is 9.22. The first-order chi connectivity index (χ1) is 16.3. The number of morpholine rings is 1. The molecule has 8 heteroatoms. The van der Waals surface area contributed by atoms with Crippen LogP contribution in [0, 0.1) is 0 Å². The largest absolute Gasteiger partial charge is 0.411 e. The van der Waals surface area contributed by atoms with Gasteiger partial charge in [0.15, 0.2) is 5.65 Å². The summed E-state index contributed by atoms with van der Waals surface area (Å²) in [7, 11) is 0. The first-order valence-electron chi connectivity index (χ1n) is 11.2. The van der Waals surface area contributed by atoms with Crippen LogP contribution in [-0.4, -0.2) is 51.6 Å². The molecule has 1 aliphatic carbocycles. The van der Waals surface area contributed by atoms with Gasteiger partial charge >= 0.3 is 0 Å². The molecule has 1 saturated heterocycles. The summed E-state index contributed by atoms with van der Waals surface area (Å²) in [5, 5.41) is 16.2. The predicted molar refractivity (Wildman–Crippen MR) is 128 cm³/mol. The summed E-state index contributed by atoms with van der Waals surface area (Å²) in [6.45, 7) is 3.35. The number of anilines is 3. The Labute approximate surface area is 191 Å². The van der Waals surface area contributed by atoms with Crippen molar-refractivity contribution in [3.63, 3.8) is 0 Å². The molecule has 166 valence electrons. The second-order valence-electron chi connectivity index (χ2n) is 8.30. The van der Waals surface area contributed by atoms with E-state index in [4.69, 9.17) is 9.72 Å². The molecule has 6 rings (SSSR count). The van der Waals surface area contributed by atoms with E-state index < -0.39 is 0 Å². The fourth-order valence-corrected chi connectivity index (χ4v) is 4.67. The van der Waals surface area contributed by atoms with Crippen LogP contribution in [0.3, 0.4) is 0 Å². The Morgan fingerprint density at radius 1 is 1.03 bits per heavy atom. The molecule has 0 saturated carbocycles. The third-order valence-corrected chi connectivity index (χ3v) is 6.38. The van der Waals surface area contributed by atoms with Crippen molar-refractivity contribution in [2.75, 3.05) is 36.5 Å². The Kier molecular flexibility index (Phi) is 4.92. The number of benzene rings is 2. The lowest BCUT2D eigenvalue weighted by Crippen LogP contribution is -2.36. The minimum absolute atomic E-state index is 0.749. The minimum Gasteiger partial charge on any atom is -0.411 e. The minimum atomic E-state index is 0.749. The Balaban J connectivity index is 1.37. The standard InChI is InChI=1S/C25H24N6O2/c32-29-22-8-3-18-15-19(4-7-21(18)22)27-25-24(28-23-16-26-9-10-31(23)25)17-1-5-20(6-2-17)30-11-13-33-14-12-30/h1-2,4-7,9-10,15-16,27,32H,3,8,11-14H2. The van der Waals surface area contributed by atoms with E-state index in [1.165, 1.54) is 11.3 Å². The van der Waals surface area contributed by atoms with Crippen molar-refractivity contribution in [2.45, 2.75) is 12.8 Å². The van der Waals surface area contributed by atoms with Crippen LogP contribution in [0.5, 0.6) is 0 Å². The summed E-state index contributed by atoms with van der Waals surface area (Å²) >= 11 is 0. The lowest BCUT2D eigenvalue weighted by atomic mass is 10.1. The molecule has 8 nitrogen and oxygen atoms in total. The zero-order valence-corrected chi connectivity index (χ0v) is 18.1. The van der Waals surface area contributed by atoms with Gasteiger partial charge in [0.1, 0.15) is 11.5 Å². The molecule has 0 radical (unpaired) electrons. The van der Waals surface area contributed by atoms with Crippen LogP contribution in [0.25, 0.3) is 16.9 Å². The topological polar surface area (TPSA) is 87.3 Å². The van der Waals surface area contributed by atoms with Gasteiger partial charge in [-0.05, 0) is 42.7 Å². The molecule has 2 aromatic carbocycles. The van der Waals surface area contributed by atoms with E-state index in [1.807, 2.05) is 22.7 Å². The predicted octanol–water partition coefficient (Wildman–Crippen LogP) is 4.10. The van der Waals surface area contributed by atoms with Crippen molar-refractivity contribution < 1.29 is 9.94 Å². The Morgan fingerprint density at radius 3 is 2.70 bits per heavy atom. The Hall–Kier alpha value is -3.91. The van der Waals surface area contributed by atoms with Gasteiger partial charge in [-0.2, -0.15) is 0 Å². The highest BCUT2D eigenvalue weighted by Crippen LogP contribution is 2.33. The number of hydrogen-bond acceptors (Lipinski definition) is 7. The van der Waals surface area contributed by atoms with Gasteiger partial charge < -0.3 is 20.2 Å². The molecular weight excluding hydrogens is 416 g/mol. The number of ether oxygens (including phenoxy) is 1. The average molecular weight is 441 g/mol. The molecule has 3 heterocycles. The van der Waals surface area contributed by atoms with Gasteiger partial charge in [-0.25, -0.2) is 4.98 Å². The molecule has 0 unspecified atom stereocenters. The summed E-state index contributed by atoms with van der Waals surface area (Å²) in [5.41, 5.74) is 7.80. The van der Waals surface area contributed by atoms with Gasteiger partial charge in [0.2, 0.25) is 0 Å². The van der Waals surface area contributed by atoms with Crippen LogP contribution in [0.15, 0.2) is 66.2 Å². The number of oxime groups is 1. The smallest absolute Gasteiger partial charge is 0.157 e. The molecule has 0 bridgehead atoms. The van der Waals surface area contributed by atoms with E-state index in [0.717, 1.165) is 78.8 Å². The fraction of sp³-hybridized carbons (Fsp3) is 0.240. The van der Waals surface area contributed by atoms with E-state index in [-0.39, 0.29) is 0 Å². The number of nitrogens with zero attached hydrogens (tertiary/aromatic N) is 5. The maximum Gasteiger partial charge on any atom is 0.157 e. The summed E-state index contributed by atoms with van der Waals surface area (Å²) in [6, 6.07) is 14.7. The quantitative estimate of drug-likeness (QED) is 0.367. The maximum absolute atomic E-state index is 9.22. The molecular formula is C25H24N6O2. The first-order valence-corrected chi connectivity index (χ1v) is 11.2. The van der Waals surface area contributed by atoms with Crippen LogP contribution in [-0.2, 0) is 11.2 Å². The van der Waals surface area contributed by atoms with Gasteiger partial charge in [0.05, 0.1) is 25.1 Å². The lowest BCUT2D eigenvalue weighted by Gasteiger charge is -2.28. The lowest BCUT2D eigenvalue weighted by molar-refractivity contribution is 0.122. The SMILES string of the molecule is ON=C1CCc2cc(Nc3c(-c4ccc(N5CCOCC5)cc4)nc4cnccn34)ccc21. The van der Waals surface area contributed by atoms with E-state index >= 15 is 0 Å². The zero-order valence-electron chi connectivity index (χ0n) is 18.1. The molecule has 4 aromatic rings. The number of aryl methyl sites for hydroxylation is 1. The van der Waals surface area contributed by atoms with Crippen LogP contribution in [0.2, 0.25) is 0 Å². The van der Waals surface area contributed by atoms with Crippen LogP contribution >= 0.6 is 0 Å². The molecule has 1 aliphatic heterocycles. The second kappa shape index (κ2) is 8.22. The van der Waals surface area contributed by atoms with E-state index in [0.29, 0.717) is 0 Å². The molecule has 2 aliphatic rings. The molecule has 33 heavy (non-hydrogen) atoms. The van der Waals surface area contributed by atoms with Crippen molar-refractivity contribution in [3.8, 4) is 11.3 Å². The van der Waals surface area contributed by atoms with Crippen molar-refractivity contribution >= 4 is 28.6 Å². The molecule has 0 amide bonds. The van der Waals surface area contributed by atoms with Gasteiger partial charge in [0.25, 0.3) is 0 Å². The summed E-state index contributed by atoms with van der Waals surface area (Å²) in [4.78, 5) is 11.5. The van der Waals surface area contributed by atoms with E-state index in [2.05, 4.69) is 50.7 Å². The monoisotopic (exact) mass is 440 g/mol. The average Bonchev–Trinajstić information content (AvgIpc) is 3.46. The second-order valence-corrected chi connectivity index (χ2v) is 8.30. The number of rotatable bonds is 4. The van der Waals surface area contributed by atoms with Crippen molar-refractivity contribution in [3.05, 3.63) is 72.2 Å². The van der Waals surface area contributed by atoms with E-state index in [1.54, 1.807) is 12.4 Å². The molecule has 1 fully saturated rings. The molecule has 0 atom stereocenters. The highest BCUT2D eigenvalue weighted by molar-refractivity contribution is 6.04. The van der Waals surface area contributed by atoms with Crippen molar-refractivity contribution in [2.24, 2.45) is 5.16 Å². The molecule has 2 aromatic heterocycles. The number of aromatic nitrogens is 3. The Bertz CT molecular complexity index is 1340. The van der Waals surface area contributed by atoms with Crippen LogP contribution in [0.1, 0.15) is 17.5 Å². The van der Waals surface area contributed by atoms with Gasteiger partial charge in [0, 0.05) is 48.0 Å². The first kappa shape index (κ1) is 19.8. The fourth-order valence-electron chi connectivity index (χ4n) is 4.67. The van der Waals surface area contributed by atoms with Gasteiger partial charge in [-0.3, -0.25) is 9.38 Å². The van der Waals surface area contributed by atoms with Crippen molar-refractivity contribution in [1.29, 1.82) is 0 Å². The molecule has 2 N–H and O–H groups in total.